The van der Waals surface area contributed by atoms with Crippen LogP contribution in [0.4, 0.5) is 0 Å². The normalized spacial score (nSPS) is 11.7. The topological polar surface area (TPSA) is 105 Å². The molecule has 0 aliphatic heterocycles. The number of sulfonamides is 1. The second-order valence-electron chi connectivity index (χ2n) is 6.28. The van der Waals surface area contributed by atoms with Crippen LogP contribution in [0.2, 0.25) is 0 Å². The van der Waals surface area contributed by atoms with Crippen molar-refractivity contribution >= 4 is 27.3 Å². The van der Waals surface area contributed by atoms with E-state index in [0.717, 1.165) is 26.6 Å². The van der Waals surface area contributed by atoms with Gasteiger partial charge in [-0.05, 0) is 23.9 Å². The molecule has 1 N–H and O–H groups in total. The summed E-state index contributed by atoms with van der Waals surface area (Å²) in [4.78, 5) is 17.3. The molecule has 148 valence electrons. The van der Waals surface area contributed by atoms with Crippen molar-refractivity contribution in [3.05, 3.63) is 58.8 Å². The third-order valence-corrected chi connectivity index (χ3v) is 5.98. The molecule has 3 aromatic rings. The minimum absolute atomic E-state index is 0.0271. The lowest BCUT2D eigenvalue weighted by atomic mass is 10.1. The molecule has 10 heteroatoms. The summed E-state index contributed by atoms with van der Waals surface area (Å²) in [5.74, 6) is 0.256. The van der Waals surface area contributed by atoms with Gasteiger partial charge in [0.15, 0.2) is 0 Å². The van der Waals surface area contributed by atoms with Crippen molar-refractivity contribution in [1.82, 2.24) is 19.8 Å². The van der Waals surface area contributed by atoms with Crippen LogP contribution in [0.3, 0.4) is 0 Å². The Balaban J connectivity index is 1.58. The molecule has 28 heavy (non-hydrogen) atoms. The average Bonchev–Trinajstić information content (AvgIpc) is 3.32. The van der Waals surface area contributed by atoms with Gasteiger partial charge in [0.1, 0.15) is 0 Å². The van der Waals surface area contributed by atoms with Gasteiger partial charge in [0.2, 0.25) is 27.6 Å². The summed E-state index contributed by atoms with van der Waals surface area (Å²) in [7, 11) is -3.55. The Morgan fingerprint density at radius 3 is 2.64 bits per heavy atom. The summed E-state index contributed by atoms with van der Waals surface area (Å²) in [6.07, 6.45) is 1.08. The zero-order chi connectivity index (χ0) is 20.1. The number of thiophene rings is 1. The molecular weight excluding hydrogens is 400 g/mol. The fourth-order valence-electron chi connectivity index (χ4n) is 2.41. The van der Waals surface area contributed by atoms with Crippen LogP contribution in [0.15, 0.2) is 46.3 Å². The van der Waals surface area contributed by atoms with Crippen LogP contribution in [-0.2, 0) is 27.9 Å². The van der Waals surface area contributed by atoms with E-state index in [1.807, 2.05) is 48.7 Å². The van der Waals surface area contributed by atoms with Gasteiger partial charge in [-0.2, -0.15) is 9.29 Å². The summed E-state index contributed by atoms with van der Waals surface area (Å²) in [5.41, 5.74) is 1.88. The number of carbonyl (C=O) groups excluding carboxylic acids is 1. The number of aromatic nitrogens is 2. The van der Waals surface area contributed by atoms with Gasteiger partial charge in [-0.3, -0.25) is 4.79 Å². The standard InChI is InChI=1S/C18H20N4O4S2/c1-13-5-7-14(8-6-13)11-22(28(2,24)25)12-16(23)19-10-17-20-18(21-26-17)15-4-3-9-27-15/h3-9H,10-12H2,1-2H3,(H,19,23). The summed E-state index contributed by atoms with van der Waals surface area (Å²) in [5, 5.41) is 8.39. The Kier molecular flexibility index (Phi) is 6.22. The van der Waals surface area contributed by atoms with Crippen molar-refractivity contribution in [2.75, 3.05) is 12.8 Å². The number of hydrogen-bond acceptors (Lipinski definition) is 7. The minimum atomic E-state index is -3.55. The fraction of sp³-hybridized carbons (Fsp3) is 0.278. The quantitative estimate of drug-likeness (QED) is 0.599. The van der Waals surface area contributed by atoms with E-state index in [1.54, 1.807) is 0 Å². The molecule has 1 aromatic carbocycles. The highest BCUT2D eigenvalue weighted by Gasteiger charge is 2.21. The van der Waals surface area contributed by atoms with E-state index in [0.29, 0.717) is 5.82 Å². The van der Waals surface area contributed by atoms with Crippen molar-refractivity contribution in [1.29, 1.82) is 0 Å². The third-order valence-electron chi connectivity index (χ3n) is 3.91. The highest BCUT2D eigenvalue weighted by Crippen LogP contribution is 2.21. The van der Waals surface area contributed by atoms with E-state index in [2.05, 4.69) is 15.5 Å². The molecular formula is C18H20N4O4S2. The molecule has 0 saturated heterocycles. The van der Waals surface area contributed by atoms with Crippen molar-refractivity contribution < 1.29 is 17.7 Å². The zero-order valence-corrected chi connectivity index (χ0v) is 17.1. The first kappa shape index (κ1) is 20.2. The van der Waals surface area contributed by atoms with Crippen LogP contribution in [0.25, 0.3) is 10.7 Å². The van der Waals surface area contributed by atoms with Crippen LogP contribution in [0, 0.1) is 6.92 Å². The summed E-state index contributed by atoms with van der Waals surface area (Å²) < 4.78 is 30.3. The monoisotopic (exact) mass is 420 g/mol. The Morgan fingerprint density at radius 2 is 2.00 bits per heavy atom. The molecule has 8 nitrogen and oxygen atoms in total. The number of aryl methyl sites for hydroxylation is 1. The Morgan fingerprint density at radius 1 is 1.25 bits per heavy atom. The van der Waals surface area contributed by atoms with E-state index in [-0.39, 0.29) is 25.5 Å². The molecule has 2 aromatic heterocycles. The number of nitrogens with one attached hydrogen (secondary N) is 1. The maximum Gasteiger partial charge on any atom is 0.246 e. The molecule has 0 bridgehead atoms. The number of amides is 1. The second kappa shape index (κ2) is 8.63. The number of hydrogen-bond donors (Lipinski definition) is 1. The van der Waals surface area contributed by atoms with Crippen molar-refractivity contribution in [2.24, 2.45) is 0 Å². The molecule has 0 unspecified atom stereocenters. The van der Waals surface area contributed by atoms with Crippen LogP contribution in [0.5, 0.6) is 0 Å². The van der Waals surface area contributed by atoms with Crippen molar-refractivity contribution in [3.8, 4) is 10.7 Å². The van der Waals surface area contributed by atoms with Crippen molar-refractivity contribution in [3.63, 3.8) is 0 Å². The maximum absolute atomic E-state index is 12.2. The summed E-state index contributed by atoms with van der Waals surface area (Å²) in [6.45, 7) is 1.81. The molecule has 1 amide bonds. The number of carbonyl (C=O) groups is 1. The van der Waals surface area contributed by atoms with E-state index in [1.165, 1.54) is 11.3 Å². The summed E-state index contributed by atoms with van der Waals surface area (Å²) >= 11 is 1.48. The Bertz CT molecular complexity index is 1030. The Labute approximate surface area is 167 Å². The molecule has 0 radical (unpaired) electrons. The van der Waals surface area contributed by atoms with Gasteiger partial charge < -0.3 is 9.84 Å². The van der Waals surface area contributed by atoms with Gasteiger partial charge in [-0.15, -0.1) is 11.3 Å². The second-order valence-corrected chi connectivity index (χ2v) is 9.21. The van der Waals surface area contributed by atoms with Crippen LogP contribution < -0.4 is 5.32 Å². The van der Waals surface area contributed by atoms with E-state index in [4.69, 9.17) is 4.52 Å². The molecule has 0 aliphatic carbocycles. The average molecular weight is 421 g/mol. The highest BCUT2D eigenvalue weighted by atomic mass is 32.2. The maximum atomic E-state index is 12.2. The van der Waals surface area contributed by atoms with E-state index < -0.39 is 15.9 Å². The SMILES string of the molecule is Cc1ccc(CN(CC(=O)NCc2nc(-c3cccs3)no2)S(C)(=O)=O)cc1. The first-order valence-corrected chi connectivity index (χ1v) is 11.2. The zero-order valence-electron chi connectivity index (χ0n) is 15.5. The van der Waals surface area contributed by atoms with Gasteiger partial charge in [-0.25, -0.2) is 8.42 Å². The third kappa shape index (κ3) is 5.47. The number of rotatable bonds is 8. The molecule has 2 heterocycles. The van der Waals surface area contributed by atoms with Crippen LogP contribution in [0.1, 0.15) is 17.0 Å². The van der Waals surface area contributed by atoms with Gasteiger partial charge >= 0.3 is 0 Å². The predicted molar refractivity (Wildman–Crippen MR) is 106 cm³/mol. The molecule has 0 fully saturated rings. The fourth-order valence-corrected chi connectivity index (χ4v) is 3.79. The highest BCUT2D eigenvalue weighted by molar-refractivity contribution is 7.88. The van der Waals surface area contributed by atoms with Gasteiger partial charge in [0.05, 0.1) is 24.2 Å². The molecule has 0 saturated carbocycles. The first-order valence-electron chi connectivity index (χ1n) is 8.45. The van der Waals surface area contributed by atoms with E-state index in [9.17, 15) is 13.2 Å². The van der Waals surface area contributed by atoms with Gasteiger partial charge in [0.25, 0.3) is 0 Å². The lowest BCUT2D eigenvalue weighted by molar-refractivity contribution is -0.121. The molecule has 0 atom stereocenters. The molecule has 0 aliphatic rings. The predicted octanol–water partition coefficient (Wildman–Crippen LogP) is 2.18. The number of benzene rings is 1. The first-order chi connectivity index (χ1) is 13.3. The largest absolute Gasteiger partial charge is 0.346 e. The van der Waals surface area contributed by atoms with Gasteiger partial charge in [-0.1, -0.05) is 41.1 Å². The number of nitrogens with zero attached hydrogens (tertiary/aromatic N) is 3. The van der Waals surface area contributed by atoms with Crippen molar-refractivity contribution in [2.45, 2.75) is 20.0 Å². The van der Waals surface area contributed by atoms with Crippen LogP contribution in [-0.4, -0.2) is 41.6 Å². The Hall–Kier alpha value is -2.56. The van der Waals surface area contributed by atoms with Gasteiger partial charge in [0, 0.05) is 6.54 Å². The summed E-state index contributed by atoms with van der Waals surface area (Å²) in [6, 6.07) is 11.2. The lowest BCUT2D eigenvalue weighted by Gasteiger charge is -2.19. The molecule has 0 spiro atoms. The minimum Gasteiger partial charge on any atom is -0.346 e. The van der Waals surface area contributed by atoms with Crippen LogP contribution >= 0.6 is 11.3 Å². The smallest absolute Gasteiger partial charge is 0.246 e. The molecule has 3 rings (SSSR count). The van der Waals surface area contributed by atoms with E-state index >= 15 is 0 Å². The lowest BCUT2D eigenvalue weighted by Crippen LogP contribution is -2.39.